The van der Waals surface area contributed by atoms with E-state index in [9.17, 15) is 19.3 Å². The van der Waals surface area contributed by atoms with Crippen LogP contribution >= 0.6 is 0 Å². The average molecular weight is 334 g/mol. The number of rotatable bonds is 6. The van der Waals surface area contributed by atoms with Crippen molar-refractivity contribution in [2.24, 2.45) is 0 Å². The van der Waals surface area contributed by atoms with Crippen LogP contribution in [0.1, 0.15) is 6.92 Å². The maximum Gasteiger partial charge on any atom is 0.314 e. The Morgan fingerprint density at radius 1 is 1.29 bits per heavy atom. The second-order valence-electron chi connectivity index (χ2n) is 4.85. The van der Waals surface area contributed by atoms with Gasteiger partial charge in [-0.3, -0.25) is 14.9 Å². The number of methoxy groups -OCH3 is 1. The van der Waals surface area contributed by atoms with Crippen molar-refractivity contribution in [1.82, 2.24) is 0 Å². The van der Waals surface area contributed by atoms with Crippen molar-refractivity contribution in [3.05, 3.63) is 58.4 Å². The van der Waals surface area contributed by atoms with E-state index in [0.717, 1.165) is 6.07 Å². The molecule has 0 heterocycles. The Bertz CT molecular complexity index is 766. The summed E-state index contributed by atoms with van der Waals surface area (Å²) in [5.74, 6) is -0.827. The molecular formula is C16H15FN2O5. The Kier molecular flexibility index (Phi) is 5.31. The molecule has 0 aromatic heterocycles. The molecule has 2 rings (SSSR count). The number of halogens is 1. The fourth-order valence-corrected chi connectivity index (χ4v) is 1.92. The Balaban J connectivity index is 2.12. The average Bonchev–Trinajstić information content (AvgIpc) is 2.54. The summed E-state index contributed by atoms with van der Waals surface area (Å²) < 4.78 is 23.4. The Morgan fingerprint density at radius 3 is 2.67 bits per heavy atom. The van der Waals surface area contributed by atoms with Gasteiger partial charge in [-0.25, -0.2) is 4.39 Å². The summed E-state index contributed by atoms with van der Waals surface area (Å²) in [5, 5.41) is 13.6. The van der Waals surface area contributed by atoms with Gasteiger partial charge in [0.2, 0.25) is 0 Å². The molecular weight excluding hydrogens is 319 g/mol. The molecule has 1 amide bonds. The van der Waals surface area contributed by atoms with Crippen molar-refractivity contribution in [2.45, 2.75) is 13.0 Å². The summed E-state index contributed by atoms with van der Waals surface area (Å²) in [6, 6.07) is 9.40. The molecule has 0 spiro atoms. The van der Waals surface area contributed by atoms with E-state index in [0.29, 0.717) is 5.75 Å². The van der Waals surface area contributed by atoms with Gasteiger partial charge < -0.3 is 14.8 Å². The highest BCUT2D eigenvalue weighted by Crippen LogP contribution is 2.31. The van der Waals surface area contributed by atoms with Gasteiger partial charge in [0.25, 0.3) is 5.91 Å². The minimum atomic E-state index is -1.03. The van der Waals surface area contributed by atoms with Crippen molar-refractivity contribution < 1.29 is 23.6 Å². The molecule has 0 aliphatic carbocycles. The van der Waals surface area contributed by atoms with Gasteiger partial charge in [0.05, 0.1) is 18.1 Å². The molecule has 0 bridgehead atoms. The summed E-state index contributed by atoms with van der Waals surface area (Å²) in [5.41, 5.74) is -0.0561. The molecule has 0 unspecified atom stereocenters. The predicted molar refractivity (Wildman–Crippen MR) is 84.8 cm³/mol. The molecule has 7 nitrogen and oxygen atoms in total. The maximum atomic E-state index is 13.1. The first-order valence-corrected chi connectivity index (χ1v) is 6.96. The van der Waals surface area contributed by atoms with Crippen LogP contribution in [0.5, 0.6) is 11.5 Å². The lowest BCUT2D eigenvalue weighted by molar-refractivity contribution is -0.386. The number of hydrogen-bond donors (Lipinski definition) is 1. The highest BCUT2D eigenvalue weighted by Gasteiger charge is 2.22. The van der Waals surface area contributed by atoms with Crippen LogP contribution in [0.2, 0.25) is 0 Å². The molecule has 0 saturated carbocycles. The van der Waals surface area contributed by atoms with Crippen molar-refractivity contribution in [3.8, 4) is 11.5 Å². The zero-order valence-electron chi connectivity index (χ0n) is 13.0. The van der Waals surface area contributed by atoms with Crippen LogP contribution in [-0.4, -0.2) is 24.0 Å². The fraction of sp³-hybridized carbons (Fsp3) is 0.188. The SMILES string of the molecule is COc1ccc(O[C@@H](C)C(=O)Nc2cccc(F)c2)c([N+](=O)[O-])c1. The normalized spacial score (nSPS) is 11.5. The molecule has 1 atom stereocenters. The Morgan fingerprint density at radius 2 is 2.04 bits per heavy atom. The van der Waals surface area contributed by atoms with Crippen LogP contribution in [0.3, 0.4) is 0 Å². The number of ether oxygens (including phenoxy) is 2. The van der Waals surface area contributed by atoms with Gasteiger partial charge in [-0.2, -0.15) is 0 Å². The lowest BCUT2D eigenvalue weighted by Crippen LogP contribution is -2.30. The summed E-state index contributed by atoms with van der Waals surface area (Å²) >= 11 is 0. The number of amides is 1. The summed E-state index contributed by atoms with van der Waals surface area (Å²) in [7, 11) is 1.38. The van der Waals surface area contributed by atoms with Gasteiger partial charge in [0.1, 0.15) is 11.6 Å². The molecule has 24 heavy (non-hydrogen) atoms. The monoisotopic (exact) mass is 334 g/mol. The highest BCUT2D eigenvalue weighted by atomic mass is 19.1. The van der Waals surface area contributed by atoms with Crippen LogP contribution in [-0.2, 0) is 4.79 Å². The first-order chi connectivity index (χ1) is 11.4. The molecule has 8 heteroatoms. The van der Waals surface area contributed by atoms with E-state index >= 15 is 0 Å². The van der Waals surface area contributed by atoms with E-state index in [1.807, 2.05) is 0 Å². The lowest BCUT2D eigenvalue weighted by Gasteiger charge is -2.15. The summed E-state index contributed by atoms with van der Waals surface area (Å²) in [4.78, 5) is 22.5. The van der Waals surface area contributed by atoms with Gasteiger partial charge in [-0.05, 0) is 37.3 Å². The summed E-state index contributed by atoms with van der Waals surface area (Å²) in [6.45, 7) is 1.43. The third-order valence-corrected chi connectivity index (χ3v) is 3.13. The molecule has 1 N–H and O–H groups in total. The van der Waals surface area contributed by atoms with Gasteiger partial charge in [0, 0.05) is 5.69 Å². The van der Waals surface area contributed by atoms with Crippen LogP contribution in [0, 0.1) is 15.9 Å². The van der Waals surface area contributed by atoms with Gasteiger partial charge in [0.15, 0.2) is 11.9 Å². The number of benzene rings is 2. The third-order valence-electron chi connectivity index (χ3n) is 3.13. The van der Waals surface area contributed by atoms with Crippen LogP contribution in [0.4, 0.5) is 15.8 Å². The van der Waals surface area contributed by atoms with Crippen LogP contribution in [0.25, 0.3) is 0 Å². The smallest absolute Gasteiger partial charge is 0.314 e. The molecule has 0 saturated heterocycles. The fourth-order valence-electron chi connectivity index (χ4n) is 1.92. The molecule has 0 aliphatic heterocycles. The van der Waals surface area contributed by atoms with Crippen molar-refractivity contribution in [2.75, 3.05) is 12.4 Å². The van der Waals surface area contributed by atoms with E-state index in [1.54, 1.807) is 0 Å². The number of carbonyl (C=O) groups excluding carboxylic acids is 1. The minimum Gasteiger partial charge on any atom is -0.496 e. The number of nitrogens with one attached hydrogen (secondary N) is 1. The summed E-state index contributed by atoms with van der Waals surface area (Å²) in [6.07, 6.45) is -1.03. The second kappa shape index (κ2) is 7.40. The molecule has 126 valence electrons. The van der Waals surface area contributed by atoms with E-state index in [2.05, 4.69) is 5.32 Å². The number of nitro benzene ring substituents is 1. The second-order valence-corrected chi connectivity index (χ2v) is 4.85. The number of nitro groups is 1. The number of hydrogen-bond acceptors (Lipinski definition) is 5. The third kappa shape index (κ3) is 4.19. The highest BCUT2D eigenvalue weighted by molar-refractivity contribution is 5.94. The van der Waals surface area contributed by atoms with E-state index in [4.69, 9.17) is 9.47 Å². The quantitative estimate of drug-likeness (QED) is 0.647. The number of anilines is 1. The Hall–Kier alpha value is -3.16. The number of carbonyl (C=O) groups is 1. The predicted octanol–water partition coefficient (Wildman–Crippen LogP) is 3.15. The lowest BCUT2D eigenvalue weighted by atomic mass is 10.2. The molecule has 2 aromatic rings. The van der Waals surface area contributed by atoms with Gasteiger partial charge in [-0.15, -0.1) is 0 Å². The van der Waals surface area contributed by atoms with E-state index in [-0.39, 0.29) is 17.1 Å². The Labute approximate surface area is 137 Å². The first-order valence-electron chi connectivity index (χ1n) is 6.96. The maximum absolute atomic E-state index is 13.1. The van der Waals surface area contributed by atoms with Crippen LogP contribution in [0.15, 0.2) is 42.5 Å². The van der Waals surface area contributed by atoms with Gasteiger partial charge in [-0.1, -0.05) is 6.07 Å². The van der Waals surface area contributed by atoms with Crippen molar-refractivity contribution in [1.29, 1.82) is 0 Å². The molecule has 0 fully saturated rings. The topological polar surface area (TPSA) is 90.7 Å². The zero-order chi connectivity index (χ0) is 17.7. The molecule has 0 aliphatic rings. The van der Waals surface area contributed by atoms with E-state index < -0.39 is 22.8 Å². The van der Waals surface area contributed by atoms with Crippen LogP contribution < -0.4 is 14.8 Å². The van der Waals surface area contributed by atoms with Crippen molar-refractivity contribution in [3.63, 3.8) is 0 Å². The molecule has 0 radical (unpaired) electrons. The first kappa shape index (κ1) is 17.2. The largest absolute Gasteiger partial charge is 0.496 e. The zero-order valence-corrected chi connectivity index (χ0v) is 13.0. The van der Waals surface area contributed by atoms with Crippen molar-refractivity contribution >= 4 is 17.3 Å². The van der Waals surface area contributed by atoms with Gasteiger partial charge >= 0.3 is 5.69 Å². The minimum absolute atomic E-state index is 0.0670. The number of nitrogens with zero attached hydrogens (tertiary/aromatic N) is 1. The standard InChI is InChI=1S/C16H15FN2O5/c1-10(16(20)18-12-5-3-4-11(17)8-12)24-15-7-6-13(23-2)9-14(15)19(21)22/h3-10H,1-2H3,(H,18,20)/t10-/m0/s1. The molecule has 2 aromatic carbocycles. The van der Waals surface area contributed by atoms with E-state index in [1.165, 1.54) is 50.4 Å².